The number of nitrogens with one attached hydrogen (secondary N) is 1. The van der Waals surface area contributed by atoms with Crippen LogP contribution in [-0.2, 0) is 16.0 Å². The van der Waals surface area contributed by atoms with E-state index in [1.54, 1.807) is 12.1 Å². The summed E-state index contributed by atoms with van der Waals surface area (Å²) in [5, 5.41) is 3.64. The van der Waals surface area contributed by atoms with Crippen molar-refractivity contribution in [1.29, 1.82) is 0 Å². The lowest BCUT2D eigenvalue weighted by Crippen LogP contribution is -2.39. The molecule has 1 saturated heterocycles. The number of hydrogen-bond acceptors (Lipinski definition) is 5. The lowest BCUT2D eigenvalue weighted by Gasteiger charge is -2.32. The highest BCUT2D eigenvalue weighted by Crippen LogP contribution is 2.25. The van der Waals surface area contributed by atoms with Crippen LogP contribution in [0.3, 0.4) is 0 Å². The average molecular weight is 580 g/mol. The number of amides is 2. The Morgan fingerprint density at radius 1 is 1.00 bits per heavy atom. The van der Waals surface area contributed by atoms with E-state index in [0.717, 1.165) is 48.7 Å². The van der Waals surface area contributed by atoms with Gasteiger partial charge in [0.25, 0.3) is 0 Å². The van der Waals surface area contributed by atoms with Crippen LogP contribution >= 0.6 is 23.4 Å². The molecule has 6 nitrogen and oxygen atoms in total. The molecule has 1 aliphatic rings. The summed E-state index contributed by atoms with van der Waals surface area (Å²) in [6, 6.07) is 25.4. The van der Waals surface area contributed by atoms with Crippen LogP contribution in [0.15, 0.2) is 83.8 Å². The molecular formula is C32H38ClN3O3S. The first kappa shape index (κ1) is 30.0. The molecule has 1 heterocycles. The molecule has 0 radical (unpaired) electrons. The standard InChI is InChI=1S/C32H38ClN3O3S/c1-2-39-31(37)24-40-30-15-9-25(10-16-30)23-26-17-21-35(22-18-26)19-6-20-36(29-7-4-3-5-8-29)32(38)34-28-13-11-27(33)12-14-28/h3-5,7-16,26H,2,6,17-24H2,1H3,(H,34,38). The predicted octanol–water partition coefficient (Wildman–Crippen LogP) is 7.38. The first-order valence-corrected chi connectivity index (χ1v) is 15.4. The minimum Gasteiger partial charge on any atom is -0.465 e. The van der Waals surface area contributed by atoms with Gasteiger partial charge >= 0.3 is 12.0 Å². The third kappa shape index (κ3) is 9.58. The molecule has 1 aliphatic heterocycles. The molecule has 0 saturated carbocycles. The van der Waals surface area contributed by atoms with Crippen molar-refractivity contribution in [2.24, 2.45) is 5.92 Å². The van der Waals surface area contributed by atoms with Gasteiger partial charge in [-0.2, -0.15) is 0 Å². The van der Waals surface area contributed by atoms with Gasteiger partial charge in [-0.25, -0.2) is 4.79 Å². The summed E-state index contributed by atoms with van der Waals surface area (Å²) in [7, 11) is 0. The number of carbonyl (C=O) groups excluding carboxylic acids is 2. The van der Waals surface area contributed by atoms with Gasteiger partial charge in [-0.3, -0.25) is 9.69 Å². The summed E-state index contributed by atoms with van der Waals surface area (Å²) in [5.41, 5.74) is 2.96. The smallest absolute Gasteiger partial charge is 0.326 e. The number of likely N-dealkylation sites (tertiary alicyclic amines) is 1. The maximum absolute atomic E-state index is 13.2. The lowest BCUT2D eigenvalue weighted by atomic mass is 9.90. The molecule has 0 unspecified atom stereocenters. The summed E-state index contributed by atoms with van der Waals surface area (Å²) in [4.78, 5) is 30.2. The first-order valence-electron chi connectivity index (χ1n) is 14.0. The van der Waals surface area contributed by atoms with Crippen LogP contribution in [0.4, 0.5) is 16.2 Å². The van der Waals surface area contributed by atoms with Crippen LogP contribution in [0.1, 0.15) is 31.7 Å². The van der Waals surface area contributed by atoms with E-state index in [4.69, 9.17) is 16.3 Å². The number of benzene rings is 3. The predicted molar refractivity (Wildman–Crippen MR) is 166 cm³/mol. The molecule has 0 atom stereocenters. The topological polar surface area (TPSA) is 61.9 Å². The molecule has 4 rings (SSSR count). The molecule has 3 aromatic carbocycles. The van der Waals surface area contributed by atoms with E-state index < -0.39 is 0 Å². The summed E-state index contributed by atoms with van der Waals surface area (Å²) in [6.07, 6.45) is 4.35. The minimum absolute atomic E-state index is 0.141. The van der Waals surface area contributed by atoms with Crippen LogP contribution in [0, 0.1) is 5.92 Å². The van der Waals surface area contributed by atoms with Gasteiger partial charge in [-0.15, -0.1) is 11.8 Å². The zero-order valence-corrected chi connectivity index (χ0v) is 24.6. The number of carbonyl (C=O) groups is 2. The summed E-state index contributed by atoms with van der Waals surface area (Å²) in [6.45, 7) is 6.03. The first-order chi connectivity index (χ1) is 19.5. The summed E-state index contributed by atoms with van der Waals surface area (Å²) in [5.74, 6) is 0.861. The number of rotatable bonds is 12. The Bertz CT molecular complexity index is 1200. The van der Waals surface area contributed by atoms with Crippen molar-refractivity contribution in [1.82, 2.24) is 4.90 Å². The van der Waals surface area contributed by atoms with Crippen LogP contribution in [0.25, 0.3) is 0 Å². The minimum atomic E-state index is -0.169. The molecule has 1 fully saturated rings. The van der Waals surface area contributed by atoms with Crippen LogP contribution in [0.2, 0.25) is 5.02 Å². The van der Waals surface area contributed by atoms with E-state index in [-0.39, 0.29) is 12.0 Å². The normalized spacial score (nSPS) is 14.1. The fraction of sp³-hybridized carbons (Fsp3) is 0.375. The van der Waals surface area contributed by atoms with Crippen molar-refractivity contribution in [3.05, 3.63) is 89.4 Å². The molecule has 0 aliphatic carbocycles. The van der Waals surface area contributed by atoms with Gasteiger partial charge < -0.3 is 15.0 Å². The van der Waals surface area contributed by atoms with E-state index in [2.05, 4.69) is 34.5 Å². The van der Waals surface area contributed by atoms with Gasteiger partial charge in [0.2, 0.25) is 0 Å². The van der Waals surface area contributed by atoms with Crippen molar-refractivity contribution < 1.29 is 14.3 Å². The SMILES string of the molecule is CCOC(=O)CSc1ccc(CC2CCN(CCCN(C(=O)Nc3ccc(Cl)cc3)c3ccccc3)CC2)cc1. The Hall–Kier alpha value is -3.00. The Labute approximate surface area is 247 Å². The van der Waals surface area contributed by atoms with E-state index in [0.29, 0.717) is 29.8 Å². The Morgan fingerprint density at radius 2 is 1.70 bits per heavy atom. The second kappa shape index (κ2) is 15.7. The molecule has 212 valence electrons. The van der Waals surface area contributed by atoms with Crippen LogP contribution in [-0.4, -0.2) is 55.4 Å². The highest BCUT2D eigenvalue weighted by Gasteiger charge is 2.21. The fourth-order valence-electron chi connectivity index (χ4n) is 4.95. The number of esters is 1. The Balaban J connectivity index is 1.20. The van der Waals surface area contributed by atoms with Crippen molar-refractivity contribution in [2.45, 2.75) is 37.5 Å². The largest absolute Gasteiger partial charge is 0.465 e. The monoisotopic (exact) mass is 579 g/mol. The maximum Gasteiger partial charge on any atom is 0.326 e. The summed E-state index contributed by atoms with van der Waals surface area (Å²) < 4.78 is 5.00. The number of urea groups is 1. The van der Waals surface area contributed by atoms with Crippen molar-refractivity contribution in [2.75, 3.05) is 48.8 Å². The molecular weight excluding hydrogens is 542 g/mol. The Morgan fingerprint density at radius 3 is 2.38 bits per heavy atom. The second-order valence-electron chi connectivity index (χ2n) is 10.0. The second-order valence-corrected chi connectivity index (χ2v) is 11.5. The highest BCUT2D eigenvalue weighted by atomic mass is 35.5. The number of piperidine rings is 1. The number of ether oxygens (including phenoxy) is 1. The number of para-hydroxylation sites is 1. The van der Waals surface area contributed by atoms with Gasteiger partial charge in [0.15, 0.2) is 0 Å². The number of hydrogen-bond donors (Lipinski definition) is 1. The van der Waals surface area contributed by atoms with Crippen molar-refractivity contribution in [3.63, 3.8) is 0 Å². The highest BCUT2D eigenvalue weighted by molar-refractivity contribution is 8.00. The molecule has 0 aromatic heterocycles. The van der Waals surface area contributed by atoms with Crippen LogP contribution < -0.4 is 10.2 Å². The van der Waals surface area contributed by atoms with E-state index in [1.807, 2.05) is 54.3 Å². The molecule has 0 bridgehead atoms. The maximum atomic E-state index is 13.2. The number of halogens is 1. The molecule has 40 heavy (non-hydrogen) atoms. The van der Waals surface area contributed by atoms with Crippen molar-refractivity contribution in [3.8, 4) is 0 Å². The van der Waals surface area contributed by atoms with Gasteiger partial charge in [0.05, 0.1) is 12.4 Å². The lowest BCUT2D eigenvalue weighted by molar-refractivity contribution is -0.139. The third-order valence-corrected chi connectivity index (χ3v) is 8.32. The fourth-order valence-corrected chi connectivity index (χ4v) is 5.77. The van der Waals surface area contributed by atoms with E-state index >= 15 is 0 Å². The zero-order chi connectivity index (χ0) is 28.2. The molecule has 1 N–H and O–H groups in total. The molecule has 3 aromatic rings. The number of anilines is 2. The van der Waals surface area contributed by atoms with Gasteiger partial charge in [-0.05, 0) is 112 Å². The number of thioether (sulfide) groups is 1. The third-order valence-electron chi connectivity index (χ3n) is 7.08. The molecule has 2 amide bonds. The van der Waals surface area contributed by atoms with E-state index in [1.165, 1.54) is 30.2 Å². The number of nitrogens with zero attached hydrogens (tertiary/aromatic N) is 2. The Kier molecular flexibility index (Phi) is 11.8. The zero-order valence-electron chi connectivity index (χ0n) is 23.1. The van der Waals surface area contributed by atoms with Crippen molar-refractivity contribution >= 4 is 46.7 Å². The van der Waals surface area contributed by atoms with E-state index in [9.17, 15) is 9.59 Å². The molecule has 0 spiro atoms. The average Bonchev–Trinajstić information content (AvgIpc) is 2.97. The molecule has 8 heteroatoms. The van der Waals surface area contributed by atoms with Gasteiger partial charge in [0.1, 0.15) is 0 Å². The van der Waals surface area contributed by atoms with Crippen LogP contribution in [0.5, 0.6) is 0 Å². The van der Waals surface area contributed by atoms with Gasteiger partial charge in [-0.1, -0.05) is 41.9 Å². The summed E-state index contributed by atoms with van der Waals surface area (Å²) >= 11 is 7.51. The van der Waals surface area contributed by atoms with Gasteiger partial charge in [0, 0.05) is 27.8 Å². The quantitative estimate of drug-likeness (QED) is 0.179.